The molecule has 1 N–H and O–H groups in total. The first kappa shape index (κ1) is 15.1. The highest BCUT2D eigenvalue weighted by Gasteiger charge is 2.18. The number of hydrogen-bond donors (Lipinski definition) is 1. The van der Waals surface area contributed by atoms with Crippen molar-refractivity contribution < 1.29 is 14.3 Å². The Labute approximate surface area is 133 Å². The van der Waals surface area contributed by atoms with Gasteiger partial charge in [0.1, 0.15) is 6.54 Å². The zero-order valence-corrected chi connectivity index (χ0v) is 13.4. The lowest BCUT2D eigenvalue weighted by atomic mass is 10.2. The summed E-state index contributed by atoms with van der Waals surface area (Å²) in [5.74, 6) is -0.632. The molecule has 0 aliphatic heterocycles. The maximum Gasteiger partial charge on any atom is 0.325 e. The van der Waals surface area contributed by atoms with E-state index in [1.807, 2.05) is 6.07 Å². The molecule has 0 unspecified atom stereocenters. The molecule has 0 saturated heterocycles. The second-order valence-corrected chi connectivity index (χ2v) is 6.65. The molecular formula is C16H20N2O3S. The number of fused-ring (bicyclic) bond motifs is 1. The molecule has 22 heavy (non-hydrogen) atoms. The SMILES string of the molecule is CCOC(=O)CNC(=O)c1cc2cn(C3CCCC3)cc2s1. The molecule has 5 nitrogen and oxygen atoms in total. The van der Waals surface area contributed by atoms with E-state index in [1.165, 1.54) is 37.0 Å². The highest BCUT2D eigenvalue weighted by atomic mass is 32.1. The van der Waals surface area contributed by atoms with Crippen LogP contribution in [0.1, 0.15) is 48.3 Å². The Hall–Kier alpha value is -1.82. The van der Waals surface area contributed by atoms with Crippen LogP contribution in [0.3, 0.4) is 0 Å². The average Bonchev–Trinajstić information content (AvgIpc) is 3.18. The number of hydrogen-bond acceptors (Lipinski definition) is 4. The first-order chi connectivity index (χ1) is 10.7. The fraction of sp³-hybridized carbons (Fsp3) is 0.500. The zero-order chi connectivity index (χ0) is 15.5. The third-order valence-electron chi connectivity index (χ3n) is 4.01. The number of rotatable bonds is 5. The van der Waals surface area contributed by atoms with Gasteiger partial charge in [-0.25, -0.2) is 0 Å². The number of carbonyl (C=O) groups is 2. The van der Waals surface area contributed by atoms with Gasteiger partial charge in [-0.3, -0.25) is 9.59 Å². The molecule has 2 aromatic rings. The lowest BCUT2D eigenvalue weighted by molar-refractivity contribution is -0.141. The van der Waals surface area contributed by atoms with Crippen LogP contribution in [-0.2, 0) is 9.53 Å². The van der Waals surface area contributed by atoms with Gasteiger partial charge in [0.2, 0.25) is 0 Å². The maximum absolute atomic E-state index is 12.0. The van der Waals surface area contributed by atoms with Gasteiger partial charge < -0.3 is 14.6 Å². The largest absolute Gasteiger partial charge is 0.465 e. The van der Waals surface area contributed by atoms with E-state index in [0.717, 1.165) is 10.1 Å². The van der Waals surface area contributed by atoms with Crippen LogP contribution in [-0.4, -0.2) is 29.6 Å². The molecule has 118 valence electrons. The van der Waals surface area contributed by atoms with Gasteiger partial charge in [-0.05, 0) is 25.8 Å². The molecule has 2 heterocycles. The fourth-order valence-corrected chi connectivity index (χ4v) is 3.92. The molecule has 1 fully saturated rings. The van der Waals surface area contributed by atoms with Crippen LogP contribution in [0.4, 0.5) is 0 Å². The van der Waals surface area contributed by atoms with Crippen molar-refractivity contribution in [3.8, 4) is 0 Å². The predicted octanol–water partition coefficient (Wildman–Crippen LogP) is 3.11. The van der Waals surface area contributed by atoms with Crippen molar-refractivity contribution in [3.05, 3.63) is 23.3 Å². The Kier molecular flexibility index (Phi) is 4.47. The third kappa shape index (κ3) is 3.16. The second kappa shape index (κ2) is 6.52. The van der Waals surface area contributed by atoms with E-state index < -0.39 is 5.97 Å². The van der Waals surface area contributed by atoms with Crippen molar-refractivity contribution in [1.29, 1.82) is 0 Å². The first-order valence-electron chi connectivity index (χ1n) is 7.72. The minimum Gasteiger partial charge on any atom is -0.465 e. The molecule has 0 atom stereocenters. The standard InChI is InChI=1S/C16H20N2O3S/c1-2-21-15(19)8-17-16(20)13-7-11-9-18(10-14(11)22-13)12-5-3-4-6-12/h7,9-10,12H,2-6,8H2,1H3,(H,17,20). The van der Waals surface area contributed by atoms with Gasteiger partial charge in [-0.15, -0.1) is 11.3 Å². The summed E-state index contributed by atoms with van der Waals surface area (Å²) < 4.78 is 8.20. The summed E-state index contributed by atoms with van der Waals surface area (Å²) in [5.41, 5.74) is 0. The van der Waals surface area contributed by atoms with E-state index in [9.17, 15) is 9.59 Å². The molecule has 2 aromatic heterocycles. The van der Waals surface area contributed by atoms with Gasteiger partial charge >= 0.3 is 5.97 Å². The molecule has 1 aliphatic rings. The third-order valence-corrected chi connectivity index (χ3v) is 5.10. The summed E-state index contributed by atoms with van der Waals surface area (Å²) >= 11 is 1.47. The molecule has 0 bridgehead atoms. The molecule has 1 amide bonds. The number of carbonyl (C=O) groups excluding carboxylic acids is 2. The molecule has 0 radical (unpaired) electrons. The van der Waals surface area contributed by atoms with Gasteiger partial charge in [0.15, 0.2) is 0 Å². The van der Waals surface area contributed by atoms with Gasteiger partial charge in [0.05, 0.1) is 16.2 Å². The fourth-order valence-electron chi connectivity index (χ4n) is 2.93. The van der Waals surface area contributed by atoms with Crippen LogP contribution < -0.4 is 5.32 Å². The van der Waals surface area contributed by atoms with Gasteiger partial charge in [0.25, 0.3) is 5.91 Å². The van der Waals surface area contributed by atoms with E-state index in [0.29, 0.717) is 17.5 Å². The normalized spacial score (nSPS) is 15.3. The quantitative estimate of drug-likeness (QED) is 0.861. The zero-order valence-electron chi connectivity index (χ0n) is 12.6. The van der Waals surface area contributed by atoms with Crippen molar-refractivity contribution in [2.45, 2.75) is 38.6 Å². The number of ether oxygens (including phenoxy) is 1. The molecule has 0 spiro atoms. The van der Waals surface area contributed by atoms with Crippen LogP contribution in [0.15, 0.2) is 18.5 Å². The first-order valence-corrected chi connectivity index (χ1v) is 8.54. The summed E-state index contributed by atoms with van der Waals surface area (Å²) in [5, 5.41) is 3.69. The Morgan fingerprint density at radius 2 is 2.14 bits per heavy atom. The van der Waals surface area contributed by atoms with E-state index in [4.69, 9.17) is 4.74 Å². The average molecular weight is 320 g/mol. The minimum absolute atomic E-state index is 0.0864. The number of aromatic nitrogens is 1. The maximum atomic E-state index is 12.0. The summed E-state index contributed by atoms with van der Waals surface area (Å²) in [6.07, 6.45) is 9.36. The van der Waals surface area contributed by atoms with Crippen molar-refractivity contribution >= 4 is 33.3 Å². The number of nitrogens with one attached hydrogen (secondary N) is 1. The highest BCUT2D eigenvalue weighted by Crippen LogP contribution is 2.34. The van der Waals surface area contributed by atoms with Gasteiger partial charge in [-0.1, -0.05) is 12.8 Å². The number of thiophene rings is 1. The smallest absolute Gasteiger partial charge is 0.325 e. The van der Waals surface area contributed by atoms with Gasteiger partial charge in [0, 0.05) is 23.8 Å². The van der Waals surface area contributed by atoms with E-state index >= 15 is 0 Å². The lowest BCUT2D eigenvalue weighted by Gasteiger charge is -2.10. The minimum atomic E-state index is -0.412. The van der Waals surface area contributed by atoms with E-state index in [2.05, 4.69) is 22.3 Å². The van der Waals surface area contributed by atoms with Crippen molar-refractivity contribution in [1.82, 2.24) is 9.88 Å². The second-order valence-electron chi connectivity index (χ2n) is 5.56. The number of esters is 1. The van der Waals surface area contributed by atoms with Crippen LogP contribution in [0.2, 0.25) is 0 Å². The Morgan fingerprint density at radius 3 is 2.82 bits per heavy atom. The summed E-state index contributed by atoms with van der Waals surface area (Å²) in [7, 11) is 0. The Morgan fingerprint density at radius 1 is 1.36 bits per heavy atom. The monoisotopic (exact) mass is 320 g/mol. The summed E-state index contributed by atoms with van der Waals surface area (Å²) in [4.78, 5) is 23.9. The Bertz CT molecular complexity index is 651. The van der Waals surface area contributed by atoms with E-state index in [1.54, 1.807) is 6.92 Å². The summed E-state index contributed by atoms with van der Waals surface area (Å²) in [6.45, 7) is 1.98. The lowest BCUT2D eigenvalue weighted by Crippen LogP contribution is -2.30. The van der Waals surface area contributed by atoms with Crippen LogP contribution in [0.5, 0.6) is 0 Å². The van der Waals surface area contributed by atoms with E-state index in [-0.39, 0.29) is 12.5 Å². The molecule has 0 aromatic carbocycles. The van der Waals surface area contributed by atoms with Crippen LogP contribution >= 0.6 is 11.3 Å². The molecule has 1 saturated carbocycles. The van der Waals surface area contributed by atoms with Gasteiger partial charge in [-0.2, -0.15) is 0 Å². The predicted molar refractivity (Wildman–Crippen MR) is 86.3 cm³/mol. The molecule has 1 aliphatic carbocycles. The number of nitrogens with zero attached hydrogens (tertiary/aromatic N) is 1. The summed E-state index contributed by atoms with van der Waals surface area (Å²) in [6, 6.07) is 2.51. The highest BCUT2D eigenvalue weighted by molar-refractivity contribution is 7.20. The molecule has 3 rings (SSSR count). The Balaban J connectivity index is 1.65. The van der Waals surface area contributed by atoms with Crippen molar-refractivity contribution in [3.63, 3.8) is 0 Å². The molecule has 6 heteroatoms. The van der Waals surface area contributed by atoms with Crippen molar-refractivity contribution in [2.75, 3.05) is 13.2 Å². The van der Waals surface area contributed by atoms with Crippen molar-refractivity contribution in [2.24, 2.45) is 0 Å². The van der Waals surface area contributed by atoms with Crippen LogP contribution in [0, 0.1) is 0 Å². The topological polar surface area (TPSA) is 60.3 Å². The molecular weight excluding hydrogens is 300 g/mol. The number of amides is 1. The van der Waals surface area contributed by atoms with Crippen LogP contribution in [0.25, 0.3) is 10.1 Å².